The van der Waals surface area contributed by atoms with E-state index in [1.807, 2.05) is 18.3 Å². The summed E-state index contributed by atoms with van der Waals surface area (Å²) in [7, 11) is 0. The second-order valence-corrected chi connectivity index (χ2v) is 2.79. The highest BCUT2D eigenvalue weighted by atomic mass is 16.4. The first-order chi connectivity index (χ1) is 5.86. The summed E-state index contributed by atoms with van der Waals surface area (Å²) in [6, 6.07) is 3.93. The molecule has 0 saturated carbocycles. The summed E-state index contributed by atoms with van der Waals surface area (Å²) in [6.07, 6.45) is 4.46. The van der Waals surface area contributed by atoms with Gasteiger partial charge in [0.1, 0.15) is 0 Å². The minimum absolute atomic E-state index is 0.720. The van der Waals surface area contributed by atoms with Gasteiger partial charge in [-0.3, -0.25) is 0 Å². The zero-order chi connectivity index (χ0) is 8.81. The summed E-state index contributed by atoms with van der Waals surface area (Å²) < 4.78 is 0. The molecule has 3 heteroatoms. The van der Waals surface area contributed by atoms with Gasteiger partial charge in [0.25, 0.3) is 0 Å². The molecule has 2 N–H and O–H groups in total. The van der Waals surface area contributed by atoms with Crippen molar-refractivity contribution in [3.8, 4) is 0 Å². The third-order valence-corrected chi connectivity index (χ3v) is 1.74. The van der Waals surface area contributed by atoms with Crippen molar-refractivity contribution < 1.29 is 5.21 Å². The molecule has 12 heavy (non-hydrogen) atoms. The van der Waals surface area contributed by atoms with Crippen LogP contribution in [0, 0.1) is 0 Å². The van der Waals surface area contributed by atoms with Crippen LogP contribution in [-0.4, -0.2) is 15.9 Å². The number of aromatic nitrogens is 1. The van der Waals surface area contributed by atoms with Crippen LogP contribution in [0.25, 0.3) is 0 Å². The predicted octanol–water partition coefficient (Wildman–Crippen LogP) is 2.19. The number of hydrogen-bond acceptors (Lipinski definition) is 2. The summed E-state index contributed by atoms with van der Waals surface area (Å²) in [5.74, 6) is 0. The van der Waals surface area contributed by atoms with E-state index in [2.05, 4.69) is 17.1 Å². The summed E-state index contributed by atoms with van der Waals surface area (Å²) in [5, 5.41) is 11.9. The van der Waals surface area contributed by atoms with Crippen LogP contribution in [0.4, 0.5) is 0 Å². The van der Waals surface area contributed by atoms with E-state index in [0.29, 0.717) is 0 Å². The Morgan fingerprint density at radius 1 is 1.67 bits per heavy atom. The fourth-order valence-electron chi connectivity index (χ4n) is 1.16. The quantitative estimate of drug-likeness (QED) is 0.402. The fraction of sp³-hybridized carbons (Fsp3) is 0.444. The van der Waals surface area contributed by atoms with Crippen LogP contribution in [0.1, 0.15) is 25.5 Å². The molecule has 0 radical (unpaired) electrons. The molecule has 0 fully saturated rings. The Labute approximate surface area is 72.1 Å². The molecule has 0 saturated heterocycles. The average molecular weight is 166 g/mol. The molecule has 0 spiro atoms. The Hall–Kier alpha value is -1.25. The Balaban J connectivity index is 2.49. The van der Waals surface area contributed by atoms with Gasteiger partial charge in [-0.15, -0.1) is 0 Å². The van der Waals surface area contributed by atoms with Crippen molar-refractivity contribution in [3.63, 3.8) is 0 Å². The highest BCUT2D eigenvalue weighted by Crippen LogP contribution is 2.01. The zero-order valence-corrected chi connectivity index (χ0v) is 7.25. The van der Waals surface area contributed by atoms with Crippen LogP contribution in [0.15, 0.2) is 23.5 Å². The Bertz CT molecular complexity index is 239. The molecule has 0 unspecified atom stereocenters. The molecule has 0 bridgehead atoms. The van der Waals surface area contributed by atoms with E-state index in [4.69, 9.17) is 5.21 Å². The van der Waals surface area contributed by atoms with Gasteiger partial charge in [-0.25, -0.2) is 0 Å². The van der Waals surface area contributed by atoms with Crippen molar-refractivity contribution >= 4 is 5.71 Å². The molecule has 1 heterocycles. The standard InChI is InChI=1S/C9H14N2O/c1-2-4-9(11-12)7-8-5-3-6-10-8/h3,5-6,10,12H,2,4,7H2,1H3. The van der Waals surface area contributed by atoms with E-state index in [9.17, 15) is 0 Å². The van der Waals surface area contributed by atoms with E-state index in [1.54, 1.807) is 0 Å². The number of rotatable bonds is 4. The monoisotopic (exact) mass is 166 g/mol. The normalized spacial score (nSPS) is 11.9. The van der Waals surface area contributed by atoms with Gasteiger partial charge < -0.3 is 10.2 Å². The molecule has 1 aromatic rings. The minimum Gasteiger partial charge on any atom is -0.411 e. The average Bonchev–Trinajstić information content (AvgIpc) is 2.56. The smallest absolute Gasteiger partial charge is 0.0629 e. The number of H-pyrrole nitrogens is 1. The van der Waals surface area contributed by atoms with E-state index in [1.165, 1.54) is 0 Å². The van der Waals surface area contributed by atoms with Crippen molar-refractivity contribution in [2.75, 3.05) is 0 Å². The zero-order valence-electron chi connectivity index (χ0n) is 7.25. The van der Waals surface area contributed by atoms with E-state index >= 15 is 0 Å². The van der Waals surface area contributed by atoms with Crippen LogP contribution in [-0.2, 0) is 6.42 Å². The third kappa shape index (κ3) is 2.42. The van der Waals surface area contributed by atoms with Crippen LogP contribution in [0.5, 0.6) is 0 Å². The number of aromatic amines is 1. The van der Waals surface area contributed by atoms with Crippen molar-refractivity contribution in [3.05, 3.63) is 24.0 Å². The van der Waals surface area contributed by atoms with E-state index < -0.39 is 0 Å². The van der Waals surface area contributed by atoms with Crippen LogP contribution in [0.2, 0.25) is 0 Å². The van der Waals surface area contributed by atoms with Gasteiger partial charge in [-0.05, 0) is 18.6 Å². The lowest BCUT2D eigenvalue weighted by Crippen LogP contribution is -2.02. The lowest BCUT2D eigenvalue weighted by molar-refractivity contribution is 0.316. The molecule has 0 aromatic carbocycles. The molecule has 0 aliphatic heterocycles. The van der Waals surface area contributed by atoms with Gasteiger partial charge in [-0.2, -0.15) is 0 Å². The minimum atomic E-state index is 0.720. The number of hydrogen-bond donors (Lipinski definition) is 2. The van der Waals surface area contributed by atoms with Crippen LogP contribution < -0.4 is 0 Å². The summed E-state index contributed by atoms with van der Waals surface area (Å²) in [4.78, 5) is 3.07. The van der Waals surface area contributed by atoms with Gasteiger partial charge in [0.05, 0.1) is 5.71 Å². The van der Waals surface area contributed by atoms with Crippen molar-refractivity contribution in [2.24, 2.45) is 5.16 Å². The highest BCUT2D eigenvalue weighted by molar-refractivity contribution is 5.85. The maximum absolute atomic E-state index is 8.63. The number of nitrogens with zero attached hydrogens (tertiary/aromatic N) is 1. The van der Waals surface area contributed by atoms with Crippen molar-refractivity contribution in [1.29, 1.82) is 0 Å². The molecule has 0 amide bonds. The molecule has 1 rings (SSSR count). The van der Waals surface area contributed by atoms with Gasteiger partial charge in [0.15, 0.2) is 0 Å². The van der Waals surface area contributed by atoms with Gasteiger partial charge >= 0.3 is 0 Å². The SMILES string of the molecule is CCCC(Cc1ccc[nH]1)=NO. The molecule has 66 valence electrons. The molecule has 0 aliphatic rings. The van der Waals surface area contributed by atoms with Crippen molar-refractivity contribution in [2.45, 2.75) is 26.2 Å². The van der Waals surface area contributed by atoms with Crippen molar-refractivity contribution in [1.82, 2.24) is 4.98 Å². The van der Waals surface area contributed by atoms with E-state index in [-0.39, 0.29) is 0 Å². The number of oxime groups is 1. The van der Waals surface area contributed by atoms with Crippen LogP contribution >= 0.6 is 0 Å². The predicted molar refractivity (Wildman–Crippen MR) is 48.6 cm³/mol. The molecule has 0 aliphatic carbocycles. The van der Waals surface area contributed by atoms with Gasteiger partial charge in [-0.1, -0.05) is 18.5 Å². The maximum Gasteiger partial charge on any atom is 0.0629 e. The van der Waals surface area contributed by atoms with Crippen LogP contribution in [0.3, 0.4) is 0 Å². The number of nitrogens with one attached hydrogen (secondary N) is 1. The second kappa shape index (κ2) is 4.59. The Kier molecular flexibility index (Phi) is 3.38. The highest BCUT2D eigenvalue weighted by Gasteiger charge is 2.00. The fourth-order valence-corrected chi connectivity index (χ4v) is 1.16. The maximum atomic E-state index is 8.63. The molecular formula is C9H14N2O. The first kappa shape index (κ1) is 8.84. The molecule has 3 nitrogen and oxygen atoms in total. The Morgan fingerprint density at radius 2 is 2.50 bits per heavy atom. The third-order valence-electron chi connectivity index (χ3n) is 1.74. The largest absolute Gasteiger partial charge is 0.411 e. The van der Waals surface area contributed by atoms with Gasteiger partial charge in [0, 0.05) is 18.3 Å². The molecular weight excluding hydrogens is 152 g/mol. The molecule has 1 aromatic heterocycles. The molecule has 0 atom stereocenters. The summed E-state index contributed by atoms with van der Waals surface area (Å²) in [6.45, 7) is 2.07. The summed E-state index contributed by atoms with van der Waals surface area (Å²) >= 11 is 0. The summed E-state index contributed by atoms with van der Waals surface area (Å²) in [5.41, 5.74) is 1.93. The van der Waals surface area contributed by atoms with Gasteiger partial charge in [0.2, 0.25) is 0 Å². The van der Waals surface area contributed by atoms with E-state index in [0.717, 1.165) is 30.7 Å². The lowest BCUT2D eigenvalue weighted by atomic mass is 10.1. The Morgan fingerprint density at radius 3 is 3.00 bits per heavy atom. The first-order valence-electron chi connectivity index (χ1n) is 4.19. The second-order valence-electron chi connectivity index (χ2n) is 2.79. The first-order valence-corrected chi connectivity index (χ1v) is 4.19. The lowest BCUT2D eigenvalue weighted by Gasteiger charge is -1.99. The topological polar surface area (TPSA) is 48.4 Å².